The average Bonchev–Trinajstić information content (AvgIpc) is 3.53. The summed E-state index contributed by atoms with van der Waals surface area (Å²) in [6.45, 7) is 4.43. The largest absolute Gasteiger partial charge is 0.339 e. The smallest absolute Gasteiger partial charge is 0.253 e. The molecule has 1 saturated carbocycles. The van der Waals surface area contributed by atoms with Crippen molar-refractivity contribution in [3.05, 3.63) is 71.3 Å². The molecule has 0 aromatic heterocycles. The molecule has 4 rings (SSSR count). The van der Waals surface area contributed by atoms with Gasteiger partial charge in [0.15, 0.2) is 0 Å². The molecule has 140 valence electrons. The Hall–Kier alpha value is -2.62. The van der Waals surface area contributed by atoms with Crippen LogP contribution in [0.3, 0.4) is 0 Å². The minimum Gasteiger partial charge on any atom is -0.339 e. The molecule has 2 fully saturated rings. The number of piperazine rings is 1. The topological polar surface area (TPSA) is 40.6 Å². The van der Waals surface area contributed by atoms with E-state index in [1.165, 1.54) is 0 Å². The number of rotatable bonds is 4. The van der Waals surface area contributed by atoms with Gasteiger partial charge in [0, 0.05) is 31.7 Å². The van der Waals surface area contributed by atoms with Gasteiger partial charge in [0.1, 0.15) is 0 Å². The molecule has 0 bridgehead atoms. The molecule has 4 nitrogen and oxygen atoms in total. The number of hydrogen-bond acceptors (Lipinski definition) is 2. The Bertz CT molecular complexity index is 821. The summed E-state index contributed by atoms with van der Waals surface area (Å²) in [7, 11) is 0. The van der Waals surface area contributed by atoms with Crippen molar-refractivity contribution >= 4 is 11.8 Å². The lowest BCUT2D eigenvalue weighted by Gasteiger charge is -2.36. The highest BCUT2D eigenvalue weighted by atomic mass is 16.2. The van der Waals surface area contributed by atoms with Gasteiger partial charge >= 0.3 is 0 Å². The molecule has 2 aliphatic rings. The monoisotopic (exact) mass is 362 g/mol. The highest BCUT2D eigenvalue weighted by Gasteiger charge is 2.40. The standard InChI is InChI=1S/C23H26N2O2/c1-17-6-5-9-20(16-17)22(26)24-12-14-25(15-13-24)23(27)21(19-10-11-19)18-7-3-2-4-8-18/h2-9,16,19,21H,10-15H2,1H3. The van der Waals surface area contributed by atoms with E-state index in [4.69, 9.17) is 0 Å². The van der Waals surface area contributed by atoms with Crippen LogP contribution in [0.25, 0.3) is 0 Å². The van der Waals surface area contributed by atoms with Gasteiger partial charge in [-0.25, -0.2) is 0 Å². The normalized spacial score (nSPS) is 18.3. The molecule has 27 heavy (non-hydrogen) atoms. The van der Waals surface area contributed by atoms with E-state index in [0.717, 1.165) is 29.5 Å². The minimum absolute atomic E-state index is 0.0229. The van der Waals surface area contributed by atoms with Crippen LogP contribution in [0.4, 0.5) is 0 Å². The number of amides is 2. The van der Waals surface area contributed by atoms with Gasteiger partial charge in [-0.2, -0.15) is 0 Å². The van der Waals surface area contributed by atoms with Crippen LogP contribution in [-0.4, -0.2) is 47.8 Å². The van der Waals surface area contributed by atoms with Crippen molar-refractivity contribution in [2.75, 3.05) is 26.2 Å². The maximum Gasteiger partial charge on any atom is 0.253 e. The predicted octanol–water partition coefficient (Wildman–Crippen LogP) is 3.47. The zero-order valence-corrected chi connectivity index (χ0v) is 15.8. The maximum absolute atomic E-state index is 13.2. The molecule has 2 aromatic rings. The summed E-state index contributed by atoms with van der Waals surface area (Å²) in [6, 6.07) is 17.9. The third-order valence-corrected chi connectivity index (χ3v) is 5.66. The summed E-state index contributed by atoms with van der Waals surface area (Å²) in [4.78, 5) is 29.7. The summed E-state index contributed by atoms with van der Waals surface area (Å²) in [5.74, 6) is 0.746. The second kappa shape index (κ2) is 7.55. The molecule has 2 aromatic carbocycles. The Balaban J connectivity index is 1.41. The zero-order chi connectivity index (χ0) is 18.8. The molecular weight excluding hydrogens is 336 g/mol. The van der Waals surface area contributed by atoms with E-state index in [2.05, 4.69) is 12.1 Å². The fourth-order valence-corrected chi connectivity index (χ4v) is 3.99. The van der Waals surface area contributed by atoms with Crippen molar-refractivity contribution in [1.29, 1.82) is 0 Å². The van der Waals surface area contributed by atoms with E-state index in [1.807, 2.05) is 59.2 Å². The third-order valence-electron chi connectivity index (χ3n) is 5.66. The van der Waals surface area contributed by atoms with Crippen LogP contribution in [0.5, 0.6) is 0 Å². The number of carbonyl (C=O) groups is 2. The van der Waals surface area contributed by atoms with E-state index < -0.39 is 0 Å². The van der Waals surface area contributed by atoms with Gasteiger partial charge in [0.25, 0.3) is 5.91 Å². The predicted molar refractivity (Wildman–Crippen MR) is 106 cm³/mol. The van der Waals surface area contributed by atoms with E-state index in [9.17, 15) is 9.59 Å². The number of carbonyl (C=O) groups excluding carboxylic acids is 2. The molecular formula is C23H26N2O2. The van der Waals surface area contributed by atoms with Crippen LogP contribution >= 0.6 is 0 Å². The molecule has 1 heterocycles. The first-order chi connectivity index (χ1) is 13.1. The van der Waals surface area contributed by atoms with Crippen LogP contribution in [0, 0.1) is 12.8 Å². The number of nitrogens with zero attached hydrogens (tertiary/aromatic N) is 2. The van der Waals surface area contributed by atoms with E-state index in [0.29, 0.717) is 32.1 Å². The quantitative estimate of drug-likeness (QED) is 0.836. The maximum atomic E-state index is 13.2. The first-order valence-electron chi connectivity index (χ1n) is 9.83. The van der Waals surface area contributed by atoms with E-state index in [1.54, 1.807) is 0 Å². The van der Waals surface area contributed by atoms with E-state index in [-0.39, 0.29) is 17.7 Å². The van der Waals surface area contributed by atoms with Crippen molar-refractivity contribution in [3.8, 4) is 0 Å². The van der Waals surface area contributed by atoms with Gasteiger partial charge in [0.05, 0.1) is 5.92 Å². The summed E-state index contributed by atoms with van der Waals surface area (Å²) in [6.07, 6.45) is 2.27. The number of benzene rings is 2. The van der Waals surface area contributed by atoms with Crippen molar-refractivity contribution in [3.63, 3.8) is 0 Å². The third kappa shape index (κ3) is 3.90. The van der Waals surface area contributed by atoms with Gasteiger partial charge in [-0.3, -0.25) is 9.59 Å². The van der Waals surface area contributed by atoms with Crippen LogP contribution in [0.2, 0.25) is 0 Å². The molecule has 2 amide bonds. The first kappa shape index (κ1) is 17.8. The Morgan fingerprint density at radius 3 is 2.19 bits per heavy atom. The Kier molecular flexibility index (Phi) is 4.97. The van der Waals surface area contributed by atoms with Gasteiger partial charge in [-0.1, -0.05) is 48.0 Å². The average molecular weight is 362 g/mol. The molecule has 1 unspecified atom stereocenters. The summed E-state index contributed by atoms with van der Waals surface area (Å²) < 4.78 is 0. The lowest BCUT2D eigenvalue weighted by atomic mass is 9.92. The summed E-state index contributed by atoms with van der Waals surface area (Å²) >= 11 is 0. The van der Waals surface area contributed by atoms with Crippen LogP contribution in [-0.2, 0) is 4.79 Å². The van der Waals surface area contributed by atoms with Gasteiger partial charge in [0.2, 0.25) is 5.91 Å². The van der Waals surface area contributed by atoms with Crippen LogP contribution < -0.4 is 0 Å². The molecule has 0 spiro atoms. The number of hydrogen-bond donors (Lipinski definition) is 0. The SMILES string of the molecule is Cc1cccc(C(=O)N2CCN(C(=O)C(c3ccccc3)C3CC3)CC2)c1. The van der Waals surface area contributed by atoms with Crippen LogP contribution in [0.1, 0.15) is 40.2 Å². The molecule has 0 N–H and O–H groups in total. The van der Waals surface area contributed by atoms with Crippen LogP contribution in [0.15, 0.2) is 54.6 Å². The molecule has 1 aliphatic heterocycles. The van der Waals surface area contributed by atoms with Gasteiger partial charge < -0.3 is 9.80 Å². The van der Waals surface area contributed by atoms with E-state index >= 15 is 0 Å². The molecule has 1 aliphatic carbocycles. The fourth-order valence-electron chi connectivity index (χ4n) is 3.99. The molecule has 0 radical (unpaired) electrons. The molecule has 1 atom stereocenters. The van der Waals surface area contributed by atoms with Crippen molar-refractivity contribution in [2.24, 2.45) is 5.92 Å². The van der Waals surface area contributed by atoms with Crippen molar-refractivity contribution in [2.45, 2.75) is 25.7 Å². The van der Waals surface area contributed by atoms with Gasteiger partial charge in [-0.15, -0.1) is 0 Å². The first-order valence-corrected chi connectivity index (χ1v) is 9.83. The lowest BCUT2D eigenvalue weighted by molar-refractivity contribution is -0.134. The fraction of sp³-hybridized carbons (Fsp3) is 0.391. The Morgan fingerprint density at radius 1 is 0.889 bits per heavy atom. The second-order valence-corrected chi connectivity index (χ2v) is 7.71. The zero-order valence-electron chi connectivity index (χ0n) is 15.8. The Morgan fingerprint density at radius 2 is 1.56 bits per heavy atom. The molecule has 4 heteroatoms. The highest BCUT2D eigenvalue weighted by Crippen LogP contribution is 2.43. The summed E-state index contributed by atoms with van der Waals surface area (Å²) in [5, 5.41) is 0. The second-order valence-electron chi connectivity index (χ2n) is 7.71. The number of aryl methyl sites for hydroxylation is 1. The van der Waals surface area contributed by atoms with Crippen molar-refractivity contribution < 1.29 is 9.59 Å². The molecule has 1 saturated heterocycles. The van der Waals surface area contributed by atoms with Gasteiger partial charge in [-0.05, 0) is 43.4 Å². The summed E-state index contributed by atoms with van der Waals surface area (Å²) in [5.41, 5.74) is 2.95. The lowest BCUT2D eigenvalue weighted by Crippen LogP contribution is -2.51. The minimum atomic E-state index is -0.0229. The van der Waals surface area contributed by atoms with Crippen molar-refractivity contribution in [1.82, 2.24) is 9.80 Å². The highest BCUT2D eigenvalue weighted by molar-refractivity contribution is 5.94. The Labute approximate surface area is 160 Å².